The van der Waals surface area contributed by atoms with Crippen molar-refractivity contribution in [2.45, 2.75) is 26.9 Å². The standard InChI is InChI=1S/C26H34N2O3/c1-20(2)14-27-13-12-26(19-29)18-28(16-22(26)15-27)25(30)24-11-7-6-8-21(24)17-31-23-9-4-3-5-10-23/h3-11,20,22,29H,12-19H2,1-2H3/t22-,26+/m0/s1. The first-order valence-electron chi connectivity index (χ1n) is 11.4. The van der Waals surface area contributed by atoms with Crippen LogP contribution in [0.2, 0.25) is 0 Å². The maximum atomic E-state index is 13.5. The van der Waals surface area contributed by atoms with E-state index in [0.717, 1.165) is 37.4 Å². The molecular weight excluding hydrogens is 388 g/mol. The molecule has 1 amide bonds. The Morgan fingerprint density at radius 3 is 2.61 bits per heavy atom. The van der Waals surface area contributed by atoms with Crippen LogP contribution in [0.4, 0.5) is 0 Å². The fraction of sp³-hybridized carbons (Fsp3) is 0.500. The smallest absolute Gasteiger partial charge is 0.254 e. The van der Waals surface area contributed by atoms with Gasteiger partial charge in [-0.3, -0.25) is 4.79 Å². The summed E-state index contributed by atoms with van der Waals surface area (Å²) in [6.45, 7) is 9.37. The molecule has 1 N–H and O–H groups in total. The lowest BCUT2D eigenvalue weighted by atomic mass is 9.73. The van der Waals surface area contributed by atoms with E-state index in [-0.39, 0.29) is 17.9 Å². The van der Waals surface area contributed by atoms with Gasteiger partial charge in [0.1, 0.15) is 12.4 Å². The van der Waals surface area contributed by atoms with Crippen LogP contribution in [-0.2, 0) is 6.61 Å². The molecule has 4 rings (SSSR count). The summed E-state index contributed by atoms with van der Waals surface area (Å²) < 4.78 is 5.91. The highest BCUT2D eigenvalue weighted by molar-refractivity contribution is 5.96. The van der Waals surface area contributed by atoms with E-state index in [1.807, 2.05) is 59.5 Å². The molecule has 2 heterocycles. The normalized spacial score (nSPS) is 23.7. The molecule has 31 heavy (non-hydrogen) atoms. The van der Waals surface area contributed by atoms with Gasteiger partial charge in [0, 0.05) is 42.7 Å². The number of para-hydroxylation sites is 1. The molecule has 0 bridgehead atoms. The molecule has 0 spiro atoms. The van der Waals surface area contributed by atoms with E-state index < -0.39 is 0 Å². The summed E-state index contributed by atoms with van der Waals surface area (Å²) >= 11 is 0. The van der Waals surface area contributed by atoms with Crippen molar-refractivity contribution in [2.24, 2.45) is 17.3 Å². The van der Waals surface area contributed by atoms with Crippen molar-refractivity contribution < 1.29 is 14.6 Å². The number of piperidine rings is 1. The van der Waals surface area contributed by atoms with Crippen LogP contribution in [0.25, 0.3) is 0 Å². The van der Waals surface area contributed by atoms with E-state index in [2.05, 4.69) is 18.7 Å². The number of hydrogen-bond donors (Lipinski definition) is 1. The van der Waals surface area contributed by atoms with Crippen molar-refractivity contribution >= 4 is 5.91 Å². The topological polar surface area (TPSA) is 53.0 Å². The zero-order valence-electron chi connectivity index (χ0n) is 18.7. The van der Waals surface area contributed by atoms with Gasteiger partial charge < -0.3 is 19.6 Å². The second-order valence-electron chi connectivity index (χ2n) is 9.57. The molecule has 2 atom stereocenters. The Balaban J connectivity index is 1.48. The summed E-state index contributed by atoms with van der Waals surface area (Å²) in [4.78, 5) is 18.0. The Hall–Kier alpha value is -2.37. The number of likely N-dealkylation sites (tertiary alicyclic amines) is 2. The minimum absolute atomic E-state index is 0.0462. The third-order valence-corrected chi connectivity index (χ3v) is 6.83. The van der Waals surface area contributed by atoms with Crippen molar-refractivity contribution in [1.82, 2.24) is 9.80 Å². The second kappa shape index (κ2) is 9.41. The monoisotopic (exact) mass is 422 g/mol. The van der Waals surface area contributed by atoms with Crippen LogP contribution in [0.3, 0.4) is 0 Å². The van der Waals surface area contributed by atoms with Crippen LogP contribution >= 0.6 is 0 Å². The Labute approximate surface area is 185 Å². The summed E-state index contributed by atoms with van der Waals surface area (Å²) in [6, 6.07) is 17.4. The number of ether oxygens (including phenoxy) is 1. The third-order valence-electron chi connectivity index (χ3n) is 6.83. The number of rotatable bonds is 7. The lowest BCUT2D eigenvalue weighted by Crippen LogP contribution is -2.49. The van der Waals surface area contributed by atoms with Gasteiger partial charge in [0.15, 0.2) is 0 Å². The molecule has 5 nitrogen and oxygen atoms in total. The van der Waals surface area contributed by atoms with Crippen LogP contribution < -0.4 is 4.74 Å². The van der Waals surface area contributed by atoms with Gasteiger partial charge >= 0.3 is 0 Å². The highest BCUT2D eigenvalue weighted by Gasteiger charge is 2.50. The number of nitrogens with zero attached hydrogens (tertiary/aromatic N) is 2. The van der Waals surface area contributed by atoms with Crippen molar-refractivity contribution in [3.05, 3.63) is 65.7 Å². The van der Waals surface area contributed by atoms with Gasteiger partial charge in [-0.05, 0) is 43.0 Å². The molecule has 0 radical (unpaired) electrons. The van der Waals surface area contributed by atoms with Gasteiger partial charge in [0.25, 0.3) is 5.91 Å². The van der Waals surface area contributed by atoms with Gasteiger partial charge in [0.2, 0.25) is 0 Å². The van der Waals surface area contributed by atoms with Crippen LogP contribution in [0, 0.1) is 17.3 Å². The summed E-state index contributed by atoms with van der Waals surface area (Å²) in [5.74, 6) is 1.78. The Bertz CT molecular complexity index is 885. The van der Waals surface area contributed by atoms with Crippen LogP contribution in [0.5, 0.6) is 5.75 Å². The van der Waals surface area contributed by atoms with E-state index in [1.165, 1.54) is 0 Å². The molecule has 2 aliphatic heterocycles. The lowest BCUT2D eigenvalue weighted by Gasteiger charge is -2.42. The number of aliphatic hydroxyl groups excluding tert-OH is 1. The van der Waals surface area contributed by atoms with Gasteiger partial charge in [0.05, 0.1) is 6.61 Å². The number of hydrogen-bond acceptors (Lipinski definition) is 4. The minimum atomic E-state index is -0.168. The highest BCUT2D eigenvalue weighted by Crippen LogP contribution is 2.43. The van der Waals surface area contributed by atoms with E-state index in [0.29, 0.717) is 37.1 Å². The molecule has 2 aliphatic rings. The van der Waals surface area contributed by atoms with Crippen LogP contribution in [0.1, 0.15) is 36.2 Å². The van der Waals surface area contributed by atoms with E-state index in [1.54, 1.807) is 0 Å². The summed E-state index contributed by atoms with van der Waals surface area (Å²) in [6.07, 6.45) is 0.948. The predicted molar refractivity (Wildman–Crippen MR) is 122 cm³/mol. The SMILES string of the molecule is CC(C)CN1CC[C@]2(CO)CN(C(=O)c3ccccc3COc3ccccc3)C[C@@H]2C1. The fourth-order valence-electron chi connectivity index (χ4n) is 5.15. The lowest BCUT2D eigenvalue weighted by molar-refractivity contribution is 0.0153. The Kier molecular flexibility index (Phi) is 6.63. The Morgan fingerprint density at radius 1 is 1.13 bits per heavy atom. The summed E-state index contributed by atoms with van der Waals surface area (Å²) in [5.41, 5.74) is 1.42. The molecule has 2 aromatic carbocycles. The highest BCUT2D eigenvalue weighted by atomic mass is 16.5. The largest absolute Gasteiger partial charge is 0.489 e. The molecule has 2 fully saturated rings. The first-order valence-corrected chi connectivity index (χ1v) is 11.4. The van der Waals surface area contributed by atoms with Crippen molar-refractivity contribution in [3.8, 4) is 5.75 Å². The minimum Gasteiger partial charge on any atom is -0.489 e. The number of amides is 1. The van der Waals surface area contributed by atoms with Crippen LogP contribution in [-0.4, -0.2) is 60.1 Å². The van der Waals surface area contributed by atoms with E-state index in [4.69, 9.17) is 4.74 Å². The summed E-state index contributed by atoms with van der Waals surface area (Å²) in [7, 11) is 0. The average Bonchev–Trinajstić information content (AvgIpc) is 3.17. The van der Waals surface area contributed by atoms with E-state index >= 15 is 0 Å². The zero-order valence-corrected chi connectivity index (χ0v) is 18.7. The summed E-state index contributed by atoms with van der Waals surface area (Å²) in [5, 5.41) is 10.3. The molecule has 0 aliphatic carbocycles. The van der Waals surface area contributed by atoms with Gasteiger partial charge in [-0.15, -0.1) is 0 Å². The van der Waals surface area contributed by atoms with Crippen LogP contribution in [0.15, 0.2) is 54.6 Å². The molecule has 0 aromatic heterocycles. The molecule has 5 heteroatoms. The van der Waals surface area contributed by atoms with Crippen molar-refractivity contribution in [1.29, 1.82) is 0 Å². The second-order valence-corrected chi connectivity index (χ2v) is 9.57. The average molecular weight is 423 g/mol. The van der Waals surface area contributed by atoms with Gasteiger partial charge in [-0.1, -0.05) is 50.2 Å². The predicted octanol–water partition coefficient (Wildman–Crippen LogP) is 3.68. The van der Waals surface area contributed by atoms with Gasteiger partial charge in [-0.25, -0.2) is 0 Å². The van der Waals surface area contributed by atoms with Crippen molar-refractivity contribution in [2.75, 3.05) is 39.3 Å². The fourth-order valence-corrected chi connectivity index (χ4v) is 5.15. The number of fused-ring (bicyclic) bond motifs is 1. The zero-order chi connectivity index (χ0) is 21.8. The molecule has 2 saturated heterocycles. The van der Waals surface area contributed by atoms with Crippen molar-refractivity contribution in [3.63, 3.8) is 0 Å². The molecular formula is C26H34N2O3. The molecule has 0 saturated carbocycles. The Morgan fingerprint density at radius 2 is 1.87 bits per heavy atom. The first kappa shape index (κ1) is 21.8. The van der Waals surface area contributed by atoms with E-state index in [9.17, 15) is 9.90 Å². The maximum Gasteiger partial charge on any atom is 0.254 e. The molecule has 2 aromatic rings. The first-order chi connectivity index (χ1) is 15.0. The number of carbonyl (C=O) groups is 1. The number of benzene rings is 2. The maximum absolute atomic E-state index is 13.5. The quantitative estimate of drug-likeness (QED) is 0.740. The number of aliphatic hydroxyl groups is 1. The molecule has 0 unspecified atom stereocenters. The number of carbonyl (C=O) groups excluding carboxylic acids is 1. The van der Waals surface area contributed by atoms with Gasteiger partial charge in [-0.2, -0.15) is 0 Å². The molecule has 166 valence electrons. The third kappa shape index (κ3) is 4.78.